The molecule has 7 nitrogen and oxygen atoms in total. The first-order chi connectivity index (χ1) is 12.0. The molecule has 0 radical (unpaired) electrons. The minimum absolute atomic E-state index is 0.0995. The molecule has 0 aromatic heterocycles. The number of hydrogen-bond donors (Lipinski definition) is 0. The third-order valence-electron chi connectivity index (χ3n) is 4.11. The third kappa shape index (κ3) is 3.50. The maximum absolute atomic E-state index is 12.8. The Morgan fingerprint density at radius 3 is 2.56 bits per heavy atom. The summed E-state index contributed by atoms with van der Waals surface area (Å²) in [4.78, 5) is 17.1. The molecular weight excluding hydrogens is 340 g/mol. The van der Waals surface area contributed by atoms with Gasteiger partial charge in [0.25, 0.3) is 0 Å². The van der Waals surface area contributed by atoms with Crippen LogP contribution in [0.3, 0.4) is 0 Å². The SMILES string of the molecule is [N-]=[N+]=NCC1Cc2ccccc2N1C(=O)CS(=O)(=O)c1ccccc1. The van der Waals surface area contributed by atoms with Gasteiger partial charge in [0.15, 0.2) is 9.84 Å². The molecule has 0 aliphatic carbocycles. The Morgan fingerprint density at radius 1 is 1.16 bits per heavy atom. The minimum Gasteiger partial charge on any atom is -0.308 e. The lowest BCUT2D eigenvalue weighted by Gasteiger charge is -2.24. The maximum atomic E-state index is 12.8. The first-order valence-corrected chi connectivity index (χ1v) is 9.37. The van der Waals surface area contributed by atoms with Crippen LogP contribution in [0.5, 0.6) is 0 Å². The van der Waals surface area contributed by atoms with E-state index in [0.717, 1.165) is 5.56 Å². The largest absolute Gasteiger partial charge is 0.308 e. The number of azide groups is 1. The zero-order chi connectivity index (χ0) is 17.9. The Bertz CT molecular complexity index is 937. The first-order valence-electron chi connectivity index (χ1n) is 7.71. The standard InChI is InChI=1S/C17H16N4O3S/c18-20-19-11-14-10-13-6-4-5-9-16(13)21(14)17(22)12-25(23,24)15-7-2-1-3-8-15/h1-9,14H,10-12H2. The van der Waals surface area contributed by atoms with Crippen LogP contribution in [0.4, 0.5) is 5.69 Å². The lowest BCUT2D eigenvalue weighted by molar-refractivity contribution is -0.116. The molecule has 3 rings (SSSR count). The predicted molar refractivity (Wildman–Crippen MR) is 93.9 cm³/mol. The predicted octanol–water partition coefficient (Wildman–Crippen LogP) is 2.73. The zero-order valence-electron chi connectivity index (χ0n) is 13.3. The molecule has 1 aliphatic heterocycles. The minimum atomic E-state index is -3.74. The number of carbonyl (C=O) groups is 1. The van der Waals surface area contributed by atoms with E-state index in [0.29, 0.717) is 12.1 Å². The van der Waals surface area contributed by atoms with Crippen molar-refractivity contribution in [2.45, 2.75) is 17.4 Å². The summed E-state index contributed by atoms with van der Waals surface area (Å²) in [6.07, 6.45) is 0.534. The summed E-state index contributed by atoms with van der Waals surface area (Å²) < 4.78 is 25.0. The topological polar surface area (TPSA) is 103 Å². The molecule has 0 fully saturated rings. The van der Waals surface area contributed by atoms with E-state index in [1.165, 1.54) is 17.0 Å². The number of fused-ring (bicyclic) bond motifs is 1. The van der Waals surface area contributed by atoms with E-state index in [-0.39, 0.29) is 17.5 Å². The Hall–Kier alpha value is -2.83. The molecule has 8 heteroatoms. The van der Waals surface area contributed by atoms with Crippen molar-refractivity contribution in [1.29, 1.82) is 0 Å². The van der Waals surface area contributed by atoms with E-state index in [2.05, 4.69) is 10.0 Å². The summed E-state index contributed by atoms with van der Waals surface area (Å²) in [6, 6.07) is 14.8. The third-order valence-corrected chi connectivity index (χ3v) is 5.73. The van der Waals surface area contributed by atoms with Crippen molar-refractivity contribution in [3.63, 3.8) is 0 Å². The summed E-state index contributed by atoms with van der Waals surface area (Å²) in [5.41, 5.74) is 10.2. The average molecular weight is 356 g/mol. The van der Waals surface area contributed by atoms with Crippen LogP contribution in [0.25, 0.3) is 10.4 Å². The number of benzene rings is 2. The van der Waals surface area contributed by atoms with Gasteiger partial charge in [0.2, 0.25) is 5.91 Å². The van der Waals surface area contributed by atoms with Crippen molar-refractivity contribution >= 4 is 21.4 Å². The molecular formula is C17H16N4O3S. The van der Waals surface area contributed by atoms with E-state index in [9.17, 15) is 13.2 Å². The molecule has 128 valence electrons. The summed E-state index contributed by atoms with van der Waals surface area (Å²) in [5, 5.41) is 3.56. The zero-order valence-corrected chi connectivity index (χ0v) is 14.1. The van der Waals surface area contributed by atoms with E-state index >= 15 is 0 Å². The van der Waals surface area contributed by atoms with Gasteiger partial charge in [-0.3, -0.25) is 4.79 Å². The molecule has 0 bridgehead atoms. The van der Waals surface area contributed by atoms with Crippen molar-refractivity contribution in [2.75, 3.05) is 17.2 Å². The second-order valence-corrected chi connectivity index (χ2v) is 7.73. The van der Waals surface area contributed by atoms with Crippen molar-refractivity contribution in [2.24, 2.45) is 5.11 Å². The highest BCUT2D eigenvalue weighted by Crippen LogP contribution is 2.32. The van der Waals surface area contributed by atoms with Crippen LogP contribution in [0.15, 0.2) is 64.6 Å². The highest BCUT2D eigenvalue weighted by atomic mass is 32.2. The summed E-state index contributed by atoms with van der Waals surface area (Å²) in [7, 11) is -3.74. The molecule has 0 saturated carbocycles. The second-order valence-electron chi connectivity index (χ2n) is 5.74. The molecule has 1 atom stereocenters. The second kappa shape index (κ2) is 6.96. The number of amides is 1. The molecule has 25 heavy (non-hydrogen) atoms. The number of rotatable bonds is 5. The normalized spacial score (nSPS) is 16.2. The van der Waals surface area contributed by atoms with Crippen LogP contribution in [0.1, 0.15) is 5.56 Å². The number of sulfone groups is 1. The van der Waals surface area contributed by atoms with Gasteiger partial charge >= 0.3 is 0 Å². The molecule has 0 N–H and O–H groups in total. The van der Waals surface area contributed by atoms with Gasteiger partial charge in [0.1, 0.15) is 5.75 Å². The first kappa shape index (κ1) is 17.0. The van der Waals surface area contributed by atoms with Crippen molar-refractivity contribution in [1.82, 2.24) is 0 Å². The average Bonchev–Trinajstić information content (AvgIpc) is 2.98. The number of nitrogens with zero attached hydrogens (tertiary/aromatic N) is 4. The molecule has 1 heterocycles. The lowest BCUT2D eigenvalue weighted by Crippen LogP contribution is -2.42. The maximum Gasteiger partial charge on any atom is 0.242 e. The molecule has 1 aliphatic rings. The fourth-order valence-corrected chi connectivity index (χ4v) is 4.22. The van der Waals surface area contributed by atoms with E-state index in [4.69, 9.17) is 5.53 Å². The fraction of sp³-hybridized carbons (Fsp3) is 0.235. The Balaban J connectivity index is 1.89. The molecule has 0 spiro atoms. The quantitative estimate of drug-likeness (QED) is 0.467. The van der Waals surface area contributed by atoms with Gasteiger partial charge in [0, 0.05) is 23.2 Å². The summed E-state index contributed by atoms with van der Waals surface area (Å²) in [6.45, 7) is 0.0995. The van der Waals surface area contributed by atoms with Crippen LogP contribution >= 0.6 is 0 Å². The Labute approximate surface area is 145 Å². The van der Waals surface area contributed by atoms with Gasteiger partial charge in [-0.1, -0.05) is 41.5 Å². The molecule has 1 unspecified atom stereocenters. The van der Waals surface area contributed by atoms with Gasteiger partial charge in [-0.25, -0.2) is 8.42 Å². The summed E-state index contributed by atoms with van der Waals surface area (Å²) >= 11 is 0. The van der Waals surface area contributed by atoms with E-state index in [1.807, 2.05) is 12.1 Å². The smallest absolute Gasteiger partial charge is 0.242 e. The van der Waals surface area contributed by atoms with Crippen LogP contribution < -0.4 is 4.90 Å². The van der Waals surface area contributed by atoms with Crippen LogP contribution in [0, 0.1) is 0 Å². The lowest BCUT2D eigenvalue weighted by atomic mass is 10.1. The van der Waals surface area contributed by atoms with Gasteiger partial charge in [0.05, 0.1) is 4.90 Å². The van der Waals surface area contributed by atoms with Crippen molar-refractivity contribution < 1.29 is 13.2 Å². The number of anilines is 1. The van der Waals surface area contributed by atoms with Gasteiger partial charge < -0.3 is 4.90 Å². The molecule has 0 saturated heterocycles. The molecule has 1 amide bonds. The van der Waals surface area contributed by atoms with E-state index < -0.39 is 21.5 Å². The van der Waals surface area contributed by atoms with Crippen LogP contribution in [-0.2, 0) is 21.1 Å². The van der Waals surface area contributed by atoms with Gasteiger partial charge in [-0.15, -0.1) is 0 Å². The molecule has 2 aromatic carbocycles. The van der Waals surface area contributed by atoms with Crippen molar-refractivity contribution in [3.05, 3.63) is 70.6 Å². The Morgan fingerprint density at radius 2 is 1.84 bits per heavy atom. The van der Waals surface area contributed by atoms with Crippen LogP contribution in [0.2, 0.25) is 0 Å². The number of para-hydroxylation sites is 1. The highest BCUT2D eigenvalue weighted by Gasteiger charge is 2.35. The number of hydrogen-bond acceptors (Lipinski definition) is 4. The Kier molecular flexibility index (Phi) is 4.74. The van der Waals surface area contributed by atoms with E-state index in [1.54, 1.807) is 30.3 Å². The molecule has 2 aromatic rings. The number of carbonyl (C=O) groups excluding carboxylic acids is 1. The van der Waals surface area contributed by atoms with Crippen LogP contribution in [-0.4, -0.2) is 32.7 Å². The van der Waals surface area contributed by atoms with Gasteiger partial charge in [-0.05, 0) is 35.7 Å². The monoisotopic (exact) mass is 356 g/mol. The van der Waals surface area contributed by atoms with Crippen molar-refractivity contribution in [3.8, 4) is 0 Å². The fourth-order valence-electron chi connectivity index (χ4n) is 3.02. The highest BCUT2D eigenvalue weighted by molar-refractivity contribution is 7.92. The summed E-state index contributed by atoms with van der Waals surface area (Å²) in [5.74, 6) is -1.15. The van der Waals surface area contributed by atoms with Gasteiger partial charge in [-0.2, -0.15) is 0 Å².